The molecule has 16 nitrogen and oxygen atoms in total. The molecule has 0 amide bonds. The first kappa shape index (κ1) is 28.5. The maximum Gasteiger partial charge on any atom is 0.481 e. The Kier molecular flexibility index (Phi) is 7.21. The van der Waals surface area contributed by atoms with Gasteiger partial charge in [-0.05, 0) is 32.9 Å². The lowest BCUT2D eigenvalue weighted by Crippen LogP contribution is -2.52. The summed E-state index contributed by atoms with van der Waals surface area (Å²) in [4.78, 5) is 53.1. The van der Waals surface area contributed by atoms with Crippen LogP contribution in [-0.2, 0) is 35.0 Å². The molecule has 0 saturated carbocycles. The van der Waals surface area contributed by atoms with E-state index in [1.807, 2.05) is 6.92 Å². The highest BCUT2D eigenvalue weighted by atomic mass is 31.3. The van der Waals surface area contributed by atoms with Crippen molar-refractivity contribution in [1.29, 1.82) is 0 Å². The molecule has 5 unspecified atom stereocenters. The zero-order chi connectivity index (χ0) is 28.3. The summed E-state index contributed by atoms with van der Waals surface area (Å²) in [5.74, 6) is 0. The second-order valence-electron chi connectivity index (χ2n) is 9.19. The van der Waals surface area contributed by atoms with E-state index >= 15 is 0 Å². The maximum absolute atomic E-state index is 13.4. The van der Waals surface area contributed by atoms with Crippen molar-refractivity contribution in [2.75, 3.05) is 6.61 Å². The van der Waals surface area contributed by atoms with Gasteiger partial charge in [0.15, 0.2) is 11.3 Å². The van der Waals surface area contributed by atoms with E-state index in [4.69, 9.17) is 19.0 Å². The first-order chi connectivity index (χ1) is 17.5. The molecule has 1 aliphatic rings. The zero-order valence-corrected chi connectivity index (χ0v) is 22.0. The van der Waals surface area contributed by atoms with Crippen molar-refractivity contribution in [3.05, 3.63) is 62.6 Å². The summed E-state index contributed by atoms with van der Waals surface area (Å²) in [6, 6.07) is 6.30. The van der Waals surface area contributed by atoms with Crippen molar-refractivity contribution >= 4 is 26.6 Å². The molecule has 0 spiro atoms. The first-order valence-electron chi connectivity index (χ1n) is 10.9. The largest absolute Gasteiger partial charge is 0.481 e. The highest BCUT2D eigenvalue weighted by Gasteiger charge is 2.60. The Bertz CT molecular complexity index is 1590. The summed E-state index contributed by atoms with van der Waals surface area (Å²) in [7, 11) is -10.7. The van der Waals surface area contributed by atoms with Crippen LogP contribution in [0.25, 0.3) is 11.0 Å². The molecule has 3 heterocycles. The van der Waals surface area contributed by atoms with Crippen LogP contribution in [0.2, 0.25) is 0 Å². The minimum absolute atomic E-state index is 0.292. The number of aromatic nitrogens is 3. The van der Waals surface area contributed by atoms with Crippen LogP contribution in [0.4, 0.5) is 0 Å². The SMILES string of the molecule is Cc1ccc2onc(Cn3c(=O)ccn(C4(C)OC(C)(COP(=O)(O)OP(=O)(O)O)C(O)C4O)c3=O)c2c1. The highest BCUT2D eigenvalue weighted by Crippen LogP contribution is 2.58. The van der Waals surface area contributed by atoms with Gasteiger partial charge in [0.1, 0.15) is 23.5 Å². The second-order valence-corrected chi connectivity index (χ2v) is 12.0. The summed E-state index contributed by atoms with van der Waals surface area (Å²) in [6.07, 6.45) is -2.63. The lowest BCUT2D eigenvalue weighted by atomic mass is 9.96. The summed E-state index contributed by atoms with van der Waals surface area (Å²) in [5.41, 5.74) is -4.03. The molecule has 1 aliphatic heterocycles. The van der Waals surface area contributed by atoms with Gasteiger partial charge >= 0.3 is 21.3 Å². The van der Waals surface area contributed by atoms with Crippen molar-refractivity contribution in [3.8, 4) is 0 Å². The van der Waals surface area contributed by atoms with Crippen LogP contribution in [0.15, 0.2) is 44.6 Å². The van der Waals surface area contributed by atoms with Gasteiger partial charge < -0.3 is 34.2 Å². The second kappa shape index (κ2) is 9.61. The number of aryl methyl sites for hydroxylation is 1. The third kappa shape index (κ3) is 5.33. The van der Waals surface area contributed by atoms with Crippen molar-refractivity contribution in [3.63, 3.8) is 0 Å². The number of phosphoric acid groups is 2. The van der Waals surface area contributed by atoms with Crippen molar-refractivity contribution < 1.29 is 52.1 Å². The lowest BCUT2D eigenvalue weighted by molar-refractivity contribution is -0.173. The molecule has 3 aromatic rings. The molecule has 5 N–H and O–H groups in total. The predicted octanol–water partition coefficient (Wildman–Crippen LogP) is -0.0824. The van der Waals surface area contributed by atoms with Crippen LogP contribution in [0, 0.1) is 6.92 Å². The van der Waals surface area contributed by atoms with E-state index in [2.05, 4.69) is 14.0 Å². The van der Waals surface area contributed by atoms with E-state index in [0.717, 1.165) is 33.9 Å². The fourth-order valence-corrected chi connectivity index (χ4v) is 5.94. The van der Waals surface area contributed by atoms with E-state index in [9.17, 15) is 33.8 Å². The normalized spacial score (nSPS) is 27.6. The Balaban J connectivity index is 1.67. The van der Waals surface area contributed by atoms with Gasteiger partial charge in [-0.1, -0.05) is 16.8 Å². The minimum atomic E-state index is -5.41. The minimum Gasteiger partial charge on any atom is -0.387 e. The van der Waals surface area contributed by atoms with Gasteiger partial charge in [-0.3, -0.25) is 18.5 Å². The van der Waals surface area contributed by atoms with E-state index in [-0.39, 0.29) is 6.54 Å². The maximum atomic E-state index is 13.4. The number of aliphatic hydroxyl groups is 2. The molecule has 5 atom stereocenters. The van der Waals surface area contributed by atoms with Crippen molar-refractivity contribution in [1.82, 2.24) is 14.3 Å². The Labute approximate surface area is 213 Å². The van der Waals surface area contributed by atoms with Gasteiger partial charge in [-0.2, -0.15) is 4.31 Å². The molecule has 4 rings (SSSR count). The third-order valence-electron chi connectivity index (χ3n) is 6.19. The van der Waals surface area contributed by atoms with E-state index < -0.39 is 57.0 Å². The monoisotopic (exact) mass is 577 g/mol. The van der Waals surface area contributed by atoms with Crippen molar-refractivity contribution in [2.45, 2.75) is 50.8 Å². The van der Waals surface area contributed by atoms with Gasteiger partial charge in [0.25, 0.3) is 5.56 Å². The number of fused-ring (bicyclic) bond motifs is 1. The fraction of sp³-hybridized carbons (Fsp3) is 0.450. The quantitative estimate of drug-likeness (QED) is 0.220. The van der Waals surface area contributed by atoms with E-state index in [0.29, 0.717) is 16.7 Å². The number of rotatable bonds is 8. The van der Waals surface area contributed by atoms with E-state index in [1.54, 1.807) is 18.2 Å². The van der Waals surface area contributed by atoms with Crippen LogP contribution >= 0.6 is 15.6 Å². The predicted molar refractivity (Wildman–Crippen MR) is 127 cm³/mol. The van der Waals surface area contributed by atoms with Crippen molar-refractivity contribution in [2.24, 2.45) is 0 Å². The Morgan fingerprint density at radius 1 is 1.11 bits per heavy atom. The topological polar surface area (TPSA) is 233 Å². The van der Waals surface area contributed by atoms with Gasteiger partial charge in [0, 0.05) is 17.6 Å². The summed E-state index contributed by atoms with van der Waals surface area (Å²) in [6.45, 7) is 2.94. The highest BCUT2D eigenvalue weighted by molar-refractivity contribution is 7.60. The molecule has 2 aromatic heterocycles. The molecule has 0 bridgehead atoms. The first-order valence-corrected chi connectivity index (χ1v) is 14.0. The molecule has 0 radical (unpaired) electrons. The number of ether oxygens (including phenoxy) is 1. The summed E-state index contributed by atoms with van der Waals surface area (Å²) in [5, 5.41) is 26.1. The standard InChI is InChI=1S/C20H25N3O13P2/c1-11-4-5-14-12(8-11)13(21-34-14)9-22-15(24)6-7-23(18(22)27)20(3)17(26)16(25)19(2,35-20)10-33-38(31,32)36-37(28,29)30/h4-8,16-17,25-26H,9-10H2,1-3H3,(H,31,32)(H2,28,29,30). The Morgan fingerprint density at radius 2 is 1.79 bits per heavy atom. The molecular weight excluding hydrogens is 552 g/mol. The van der Waals surface area contributed by atoms with Crippen LogP contribution in [0.3, 0.4) is 0 Å². The molecule has 0 aliphatic carbocycles. The van der Waals surface area contributed by atoms with Crippen LogP contribution in [-0.4, -0.2) is 63.6 Å². The number of hydrogen-bond donors (Lipinski definition) is 5. The summed E-state index contributed by atoms with van der Waals surface area (Å²) < 4.78 is 43.7. The Morgan fingerprint density at radius 3 is 2.45 bits per heavy atom. The molecule has 1 fully saturated rings. The van der Waals surface area contributed by atoms with Gasteiger partial charge in [0.2, 0.25) is 0 Å². The zero-order valence-electron chi connectivity index (χ0n) is 20.2. The lowest BCUT2D eigenvalue weighted by Gasteiger charge is -2.32. The van der Waals surface area contributed by atoms with Gasteiger partial charge in [-0.15, -0.1) is 0 Å². The van der Waals surface area contributed by atoms with Crippen LogP contribution in [0.1, 0.15) is 25.1 Å². The van der Waals surface area contributed by atoms with E-state index in [1.165, 1.54) is 6.92 Å². The molecule has 38 heavy (non-hydrogen) atoms. The average molecular weight is 577 g/mol. The van der Waals surface area contributed by atoms with Crippen LogP contribution in [0.5, 0.6) is 0 Å². The average Bonchev–Trinajstić information content (AvgIpc) is 3.26. The number of nitrogens with zero attached hydrogens (tertiary/aromatic N) is 3. The molecule has 1 saturated heterocycles. The smallest absolute Gasteiger partial charge is 0.387 e. The third-order valence-corrected chi connectivity index (χ3v) is 8.32. The summed E-state index contributed by atoms with van der Waals surface area (Å²) >= 11 is 0. The molecule has 1 aromatic carbocycles. The molecule has 208 valence electrons. The van der Waals surface area contributed by atoms with Gasteiger partial charge in [0.05, 0.1) is 13.2 Å². The number of benzene rings is 1. The Hall–Kier alpha value is -2.49. The van der Waals surface area contributed by atoms with Crippen LogP contribution < -0.4 is 11.2 Å². The number of hydrogen-bond acceptors (Lipinski definition) is 11. The fourth-order valence-electron chi connectivity index (χ4n) is 4.26. The number of aliphatic hydroxyl groups excluding tert-OH is 2. The molecule has 18 heteroatoms. The van der Waals surface area contributed by atoms with Gasteiger partial charge in [-0.25, -0.2) is 13.9 Å². The molecular formula is C20H25N3O13P2. The number of phosphoric ester groups is 1.